The molecule has 0 saturated carbocycles. The van der Waals surface area contributed by atoms with Gasteiger partial charge in [0.1, 0.15) is 18.2 Å². The lowest BCUT2D eigenvalue weighted by atomic mass is 9.93. The molecule has 0 bridgehead atoms. The second-order valence-corrected chi connectivity index (χ2v) is 7.25. The highest BCUT2D eigenvalue weighted by Gasteiger charge is 2.28. The van der Waals surface area contributed by atoms with Crippen molar-refractivity contribution in [1.82, 2.24) is 15.3 Å². The van der Waals surface area contributed by atoms with E-state index in [-0.39, 0.29) is 11.7 Å². The number of pyridine rings is 1. The van der Waals surface area contributed by atoms with Crippen LogP contribution in [0.2, 0.25) is 0 Å². The minimum Gasteiger partial charge on any atom is -0.489 e. The molecule has 156 valence electrons. The number of fused-ring (bicyclic) bond motifs is 1. The van der Waals surface area contributed by atoms with Crippen LogP contribution in [0.15, 0.2) is 36.7 Å². The number of amides is 1. The normalized spacial score (nSPS) is 13.1. The Kier molecular flexibility index (Phi) is 5.81. The molecule has 3 heterocycles. The van der Waals surface area contributed by atoms with Crippen molar-refractivity contribution in [2.24, 2.45) is 0 Å². The topological polar surface area (TPSA) is 76.2 Å². The number of nitrogens with one attached hydrogen (secondary N) is 2. The maximum atomic E-state index is 14.2. The predicted octanol–water partition coefficient (Wildman–Crippen LogP) is 3.43. The van der Waals surface area contributed by atoms with Crippen molar-refractivity contribution < 1.29 is 18.7 Å². The second-order valence-electron chi connectivity index (χ2n) is 7.25. The SMILES string of the molecule is COCCOc1cnccc1-c1[nH]c2c(c1Cc1cccc(F)c1C)C(=O)NCC2. The Morgan fingerprint density at radius 2 is 2.10 bits per heavy atom. The van der Waals surface area contributed by atoms with Gasteiger partial charge in [-0.05, 0) is 35.7 Å². The van der Waals surface area contributed by atoms with Crippen molar-refractivity contribution in [3.8, 4) is 17.0 Å². The molecule has 0 spiro atoms. The number of halogens is 1. The molecule has 1 aliphatic rings. The zero-order chi connectivity index (χ0) is 21.1. The molecule has 0 saturated heterocycles. The molecule has 1 aromatic carbocycles. The zero-order valence-corrected chi connectivity index (χ0v) is 17.0. The first-order chi connectivity index (χ1) is 14.6. The summed E-state index contributed by atoms with van der Waals surface area (Å²) in [6.45, 7) is 3.18. The standard InChI is InChI=1S/C23H24FN3O3/c1-14-15(4-3-5-18(14)24)12-17-21-19(7-9-26-23(21)28)27-22(17)16-6-8-25-13-20(16)30-11-10-29-2/h3-6,8,13,27H,7,9-12H2,1-2H3,(H,26,28). The molecule has 0 aliphatic carbocycles. The van der Waals surface area contributed by atoms with Crippen LogP contribution in [0.5, 0.6) is 5.75 Å². The lowest BCUT2D eigenvalue weighted by Gasteiger charge is -2.15. The highest BCUT2D eigenvalue weighted by Crippen LogP contribution is 2.36. The van der Waals surface area contributed by atoms with E-state index in [1.807, 2.05) is 12.1 Å². The summed E-state index contributed by atoms with van der Waals surface area (Å²) >= 11 is 0. The number of rotatable bonds is 7. The van der Waals surface area contributed by atoms with E-state index in [9.17, 15) is 9.18 Å². The highest BCUT2D eigenvalue weighted by molar-refractivity contribution is 6.00. The Morgan fingerprint density at radius 1 is 1.23 bits per heavy atom. The fourth-order valence-corrected chi connectivity index (χ4v) is 3.82. The Morgan fingerprint density at radius 3 is 2.93 bits per heavy atom. The van der Waals surface area contributed by atoms with E-state index in [1.165, 1.54) is 6.07 Å². The van der Waals surface area contributed by atoms with Gasteiger partial charge in [0.2, 0.25) is 0 Å². The van der Waals surface area contributed by atoms with Gasteiger partial charge in [0.25, 0.3) is 5.91 Å². The van der Waals surface area contributed by atoms with Crippen LogP contribution < -0.4 is 10.1 Å². The van der Waals surface area contributed by atoms with Crippen LogP contribution in [0.1, 0.15) is 32.7 Å². The Balaban J connectivity index is 1.83. The molecule has 1 amide bonds. The van der Waals surface area contributed by atoms with Crippen molar-refractivity contribution in [3.63, 3.8) is 0 Å². The lowest BCUT2D eigenvalue weighted by molar-refractivity contribution is 0.0945. The van der Waals surface area contributed by atoms with Gasteiger partial charge in [0.15, 0.2) is 0 Å². The Bertz CT molecular complexity index is 1080. The van der Waals surface area contributed by atoms with Crippen molar-refractivity contribution >= 4 is 5.91 Å². The van der Waals surface area contributed by atoms with Crippen LogP contribution >= 0.6 is 0 Å². The van der Waals surface area contributed by atoms with Gasteiger partial charge >= 0.3 is 0 Å². The number of hydrogen-bond acceptors (Lipinski definition) is 4. The molecule has 0 unspecified atom stereocenters. The first kappa shape index (κ1) is 20.1. The molecule has 2 N–H and O–H groups in total. The zero-order valence-electron chi connectivity index (χ0n) is 17.0. The molecule has 7 heteroatoms. The maximum Gasteiger partial charge on any atom is 0.253 e. The smallest absolute Gasteiger partial charge is 0.253 e. The summed E-state index contributed by atoms with van der Waals surface area (Å²) in [5.74, 6) is 0.236. The minimum absolute atomic E-state index is 0.112. The van der Waals surface area contributed by atoms with Gasteiger partial charge in [-0.15, -0.1) is 0 Å². The fourth-order valence-electron chi connectivity index (χ4n) is 3.82. The quantitative estimate of drug-likeness (QED) is 0.587. The minimum atomic E-state index is -0.254. The average molecular weight is 409 g/mol. The molecular weight excluding hydrogens is 385 g/mol. The second kappa shape index (κ2) is 8.67. The van der Waals surface area contributed by atoms with E-state index in [0.29, 0.717) is 49.5 Å². The molecule has 0 radical (unpaired) electrons. The van der Waals surface area contributed by atoms with Crippen molar-refractivity contribution in [1.29, 1.82) is 0 Å². The summed E-state index contributed by atoms with van der Waals surface area (Å²) in [5, 5.41) is 2.92. The molecule has 0 atom stereocenters. The Hall–Kier alpha value is -3.19. The van der Waals surface area contributed by atoms with E-state index in [0.717, 1.165) is 28.1 Å². The van der Waals surface area contributed by atoms with Crippen LogP contribution in [-0.2, 0) is 17.6 Å². The van der Waals surface area contributed by atoms with Crippen molar-refractivity contribution in [2.75, 3.05) is 26.9 Å². The number of hydrogen-bond donors (Lipinski definition) is 2. The molecular formula is C23H24FN3O3. The molecule has 0 fully saturated rings. The number of methoxy groups -OCH3 is 1. The van der Waals surface area contributed by atoms with Crippen molar-refractivity contribution in [2.45, 2.75) is 19.8 Å². The summed E-state index contributed by atoms with van der Waals surface area (Å²) in [7, 11) is 1.62. The number of H-pyrrole nitrogens is 1. The van der Waals surface area contributed by atoms with E-state index in [1.54, 1.807) is 32.5 Å². The monoisotopic (exact) mass is 409 g/mol. The Labute approximate surface area is 174 Å². The van der Waals surface area contributed by atoms with E-state index in [2.05, 4.69) is 15.3 Å². The van der Waals surface area contributed by atoms with Gasteiger partial charge in [-0.1, -0.05) is 12.1 Å². The van der Waals surface area contributed by atoms with Gasteiger partial charge in [0.05, 0.1) is 24.1 Å². The average Bonchev–Trinajstić information content (AvgIpc) is 3.11. The highest BCUT2D eigenvalue weighted by atomic mass is 19.1. The number of carbonyl (C=O) groups excluding carboxylic acids is 1. The van der Waals surface area contributed by atoms with Gasteiger partial charge in [-0.25, -0.2) is 4.39 Å². The van der Waals surface area contributed by atoms with Crippen molar-refractivity contribution in [3.05, 3.63) is 70.4 Å². The summed E-state index contributed by atoms with van der Waals surface area (Å²) in [5.41, 5.74) is 5.40. The fraction of sp³-hybridized carbons (Fsp3) is 0.304. The summed E-state index contributed by atoms with van der Waals surface area (Å²) < 4.78 is 25.1. The van der Waals surface area contributed by atoms with E-state index >= 15 is 0 Å². The van der Waals surface area contributed by atoms with Gasteiger partial charge < -0.3 is 19.8 Å². The van der Waals surface area contributed by atoms with Gasteiger partial charge in [0, 0.05) is 44.0 Å². The van der Waals surface area contributed by atoms with Crippen LogP contribution in [0.4, 0.5) is 4.39 Å². The number of aromatic nitrogens is 2. The molecule has 6 nitrogen and oxygen atoms in total. The third-order valence-corrected chi connectivity index (χ3v) is 5.41. The first-order valence-corrected chi connectivity index (χ1v) is 9.92. The summed E-state index contributed by atoms with van der Waals surface area (Å²) in [6.07, 6.45) is 4.48. The van der Waals surface area contributed by atoms with Gasteiger partial charge in [-0.2, -0.15) is 0 Å². The third-order valence-electron chi connectivity index (χ3n) is 5.41. The number of carbonyl (C=O) groups is 1. The molecule has 30 heavy (non-hydrogen) atoms. The maximum absolute atomic E-state index is 14.2. The number of benzene rings is 1. The summed E-state index contributed by atoms with van der Waals surface area (Å²) in [4.78, 5) is 20.3. The van der Waals surface area contributed by atoms with Crippen LogP contribution in [-0.4, -0.2) is 42.7 Å². The van der Waals surface area contributed by atoms with Gasteiger partial charge in [-0.3, -0.25) is 9.78 Å². The summed E-state index contributed by atoms with van der Waals surface area (Å²) in [6, 6.07) is 6.90. The number of ether oxygens (including phenoxy) is 2. The van der Waals surface area contributed by atoms with Crippen LogP contribution in [0, 0.1) is 12.7 Å². The van der Waals surface area contributed by atoms with E-state index < -0.39 is 0 Å². The van der Waals surface area contributed by atoms with Crippen LogP contribution in [0.3, 0.4) is 0 Å². The molecule has 3 aromatic rings. The van der Waals surface area contributed by atoms with E-state index in [4.69, 9.17) is 9.47 Å². The molecule has 2 aromatic heterocycles. The van der Waals surface area contributed by atoms with Crippen LogP contribution in [0.25, 0.3) is 11.3 Å². The number of aromatic amines is 1. The first-order valence-electron chi connectivity index (χ1n) is 9.92. The number of nitrogens with zero attached hydrogens (tertiary/aromatic N) is 1. The predicted molar refractivity (Wildman–Crippen MR) is 111 cm³/mol. The molecule has 1 aliphatic heterocycles. The largest absolute Gasteiger partial charge is 0.489 e. The molecule has 4 rings (SSSR count). The lowest BCUT2D eigenvalue weighted by Crippen LogP contribution is -2.32. The third kappa shape index (κ3) is 3.80.